The Labute approximate surface area is 90.6 Å². The van der Waals surface area contributed by atoms with Gasteiger partial charge in [-0.1, -0.05) is 48.5 Å². The molecule has 0 nitrogen and oxygen atoms in total. The van der Waals surface area contributed by atoms with Crippen LogP contribution in [0.15, 0.2) is 48.5 Å². The number of fused-ring (bicyclic) bond motifs is 1. The molecule has 0 amide bonds. The molecule has 0 fully saturated rings. The lowest BCUT2D eigenvalue weighted by Crippen LogP contribution is -1.97. The molecule has 15 heavy (non-hydrogen) atoms. The SMILES string of the molecule is [c]1ccccc1C1Cc2ccccc2C1. The van der Waals surface area contributed by atoms with Crippen molar-refractivity contribution in [3.8, 4) is 0 Å². The third-order valence-corrected chi connectivity index (χ3v) is 3.22. The van der Waals surface area contributed by atoms with Gasteiger partial charge in [0, 0.05) is 0 Å². The first-order valence-electron chi connectivity index (χ1n) is 5.47. The highest BCUT2D eigenvalue weighted by Gasteiger charge is 2.21. The molecule has 1 aliphatic rings. The number of hydrogen-bond acceptors (Lipinski definition) is 0. The van der Waals surface area contributed by atoms with Crippen molar-refractivity contribution in [1.82, 2.24) is 0 Å². The average molecular weight is 193 g/mol. The van der Waals surface area contributed by atoms with Crippen LogP contribution >= 0.6 is 0 Å². The molecule has 0 aliphatic heterocycles. The van der Waals surface area contributed by atoms with Gasteiger partial charge < -0.3 is 0 Å². The smallest absolute Gasteiger partial charge is 0.00747 e. The summed E-state index contributed by atoms with van der Waals surface area (Å²) >= 11 is 0. The van der Waals surface area contributed by atoms with Crippen LogP contribution in [0.5, 0.6) is 0 Å². The maximum absolute atomic E-state index is 3.35. The van der Waals surface area contributed by atoms with E-state index in [1.54, 1.807) is 0 Å². The Morgan fingerprint density at radius 3 is 2.13 bits per heavy atom. The van der Waals surface area contributed by atoms with E-state index in [1.807, 2.05) is 12.1 Å². The molecule has 0 heterocycles. The quantitative estimate of drug-likeness (QED) is 0.651. The monoisotopic (exact) mass is 193 g/mol. The molecule has 0 atom stereocenters. The molecule has 0 N–H and O–H groups in total. The fraction of sp³-hybridized carbons (Fsp3) is 0.200. The molecule has 0 spiro atoms. The molecule has 0 aromatic heterocycles. The Morgan fingerprint density at radius 1 is 0.867 bits per heavy atom. The maximum Gasteiger partial charge on any atom is -0.00747 e. The summed E-state index contributed by atoms with van der Waals surface area (Å²) in [6.45, 7) is 0. The molecule has 73 valence electrons. The van der Waals surface area contributed by atoms with Crippen molar-refractivity contribution in [3.05, 3.63) is 71.3 Å². The summed E-state index contributed by atoms with van der Waals surface area (Å²) in [4.78, 5) is 0. The highest BCUT2D eigenvalue weighted by molar-refractivity contribution is 5.37. The molecule has 0 heteroatoms. The van der Waals surface area contributed by atoms with Crippen LogP contribution in [0, 0.1) is 6.07 Å². The molecule has 0 bridgehead atoms. The molecular formula is C15H13. The van der Waals surface area contributed by atoms with Crippen LogP contribution < -0.4 is 0 Å². The summed E-state index contributed by atoms with van der Waals surface area (Å²) in [6, 6.07) is 20.5. The first-order valence-corrected chi connectivity index (χ1v) is 5.47. The second-order valence-corrected chi connectivity index (χ2v) is 4.19. The molecule has 0 saturated heterocycles. The predicted octanol–water partition coefficient (Wildman–Crippen LogP) is 3.37. The first kappa shape index (κ1) is 8.72. The summed E-state index contributed by atoms with van der Waals surface area (Å²) in [6.07, 6.45) is 2.35. The summed E-state index contributed by atoms with van der Waals surface area (Å²) in [7, 11) is 0. The topological polar surface area (TPSA) is 0 Å². The van der Waals surface area contributed by atoms with E-state index >= 15 is 0 Å². The number of hydrogen-bond donors (Lipinski definition) is 0. The van der Waals surface area contributed by atoms with E-state index in [4.69, 9.17) is 0 Å². The molecular weight excluding hydrogens is 180 g/mol. The summed E-state index contributed by atoms with van der Waals surface area (Å²) in [5.74, 6) is 0.642. The minimum atomic E-state index is 0.642. The zero-order chi connectivity index (χ0) is 10.1. The van der Waals surface area contributed by atoms with Crippen molar-refractivity contribution in [2.45, 2.75) is 18.8 Å². The Balaban J connectivity index is 1.91. The van der Waals surface area contributed by atoms with Gasteiger partial charge in [-0.25, -0.2) is 0 Å². The Bertz CT molecular complexity index is 431. The minimum Gasteiger partial charge on any atom is -0.0620 e. The Morgan fingerprint density at radius 2 is 1.53 bits per heavy atom. The van der Waals surface area contributed by atoms with Gasteiger partial charge in [0.15, 0.2) is 0 Å². The summed E-state index contributed by atoms with van der Waals surface area (Å²) < 4.78 is 0. The molecule has 2 aromatic carbocycles. The van der Waals surface area contributed by atoms with Gasteiger partial charge in [0.1, 0.15) is 0 Å². The van der Waals surface area contributed by atoms with Crippen LogP contribution in [0.4, 0.5) is 0 Å². The van der Waals surface area contributed by atoms with Gasteiger partial charge >= 0.3 is 0 Å². The molecule has 0 unspecified atom stereocenters. The van der Waals surface area contributed by atoms with Gasteiger partial charge in [-0.2, -0.15) is 0 Å². The fourth-order valence-electron chi connectivity index (χ4n) is 2.44. The van der Waals surface area contributed by atoms with Crippen molar-refractivity contribution in [2.24, 2.45) is 0 Å². The van der Waals surface area contributed by atoms with E-state index in [0.29, 0.717) is 5.92 Å². The Hall–Kier alpha value is -1.56. The lowest BCUT2D eigenvalue weighted by Gasteiger charge is -2.07. The molecule has 0 saturated carbocycles. The molecule has 2 aromatic rings. The highest BCUT2D eigenvalue weighted by Crippen LogP contribution is 2.33. The zero-order valence-corrected chi connectivity index (χ0v) is 8.61. The van der Waals surface area contributed by atoms with Crippen LogP contribution in [0.2, 0.25) is 0 Å². The maximum atomic E-state index is 3.35. The molecule has 1 radical (unpaired) electrons. The second-order valence-electron chi connectivity index (χ2n) is 4.19. The van der Waals surface area contributed by atoms with Crippen LogP contribution in [0.3, 0.4) is 0 Å². The van der Waals surface area contributed by atoms with E-state index in [0.717, 1.165) is 0 Å². The predicted molar refractivity (Wildman–Crippen MR) is 61.9 cm³/mol. The minimum absolute atomic E-state index is 0.642. The average Bonchev–Trinajstić information content (AvgIpc) is 2.74. The van der Waals surface area contributed by atoms with Gasteiger partial charge in [0.25, 0.3) is 0 Å². The van der Waals surface area contributed by atoms with Gasteiger partial charge in [-0.15, -0.1) is 0 Å². The number of benzene rings is 2. The van der Waals surface area contributed by atoms with Gasteiger partial charge in [-0.3, -0.25) is 0 Å². The summed E-state index contributed by atoms with van der Waals surface area (Å²) in [5.41, 5.74) is 4.38. The van der Waals surface area contributed by atoms with E-state index in [1.165, 1.54) is 29.5 Å². The molecule has 1 aliphatic carbocycles. The summed E-state index contributed by atoms with van der Waals surface area (Å²) in [5, 5.41) is 0. The van der Waals surface area contributed by atoms with E-state index < -0.39 is 0 Å². The second kappa shape index (κ2) is 3.54. The van der Waals surface area contributed by atoms with Crippen LogP contribution in [-0.2, 0) is 12.8 Å². The number of rotatable bonds is 1. The van der Waals surface area contributed by atoms with Gasteiger partial charge in [-0.05, 0) is 41.5 Å². The van der Waals surface area contributed by atoms with Crippen molar-refractivity contribution < 1.29 is 0 Å². The van der Waals surface area contributed by atoms with Crippen LogP contribution in [0.1, 0.15) is 22.6 Å². The first-order chi connectivity index (χ1) is 7.43. The fourth-order valence-corrected chi connectivity index (χ4v) is 2.44. The van der Waals surface area contributed by atoms with Gasteiger partial charge in [0.05, 0.1) is 0 Å². The molecule has 3 rings (SSSR count). The Kier molecular flexibility index (Phi) is 2.06. The van der Waals surface area contributed by atoms with Crippen molar-refractivity contribution in [1.29, 1.82) is 0 Å². The van der Waals surface area contributed by atoms with Crippen LogP contribution in [0.25, 0.3) is 0 Å². The largest absolute Gasteiger partial charge is 0.0620 e. The van der Waals surface area contributed by atoms with E-state index in [-0.39, 0.29) is 0 Å². The highest BCUT2D eigenvalue weighted by atomic mass is 14.3. The third kappa shape index (κ3) is 1.56. The third-order valence-electron chi connectivity index (χ3n) is 3.22. The van der Waals surface area contributed by atoms with Crippen LogP contribution in [-0.4, -0.2) is 0 Å². The van der Waals surface area contributed by atoms with Crippen molar-refractivity contribution >= 4 is 0 Å². The zero-order valence-electron chi connectivity index (χ0n) is 8.61. The van der Waals surface area contributed by atoms with Gasteiger partial charge in [0.2, 0.25) is 0 Å². The van der Waals surface area contributed by atoms with E-state index in [2.05, 4.69) is 42.5 Å². The lowest BCUT2D eigenvalue weighted by atomic mass is 9.96. The lowest BCUT2D eigenvalue weighted by molar-refractivity contribution is 0.740. The van der Waals surface area contributed by atoms with Crippen molar-refractivity contribution in [2.75, 3.05) is 0 Å². The standard InChI is InChI=1S/C15H13/c1-2-6-12(7-3-1)15-10-13-8-4-5-9-14(13)11-15/h1-6,8-9,15H,10-11H2. The van der Waals surface area contributed by atoms with E-state index in [9.17, 15) is 0 Å². The normalized spacial score (nSPS) is 15.2. The van der Waals surface area contributed by atoms with Crippen molar-refractivity contribution in [3.63, 3.8) is 0 Å².